The van der Waals surface area contributed by atoms with Crippen LogP contribution in [0.4, 0.5) is 0 Å². The van der Waals surface area contributed by atoms with Gasteiger partial charge in [0.15, 0.2) is 0 Å². The summed E-state index contributed by atoms with van der Waals surface area (Å²) in [6.45, 7) is 5.10. The summed E-state index contributed by atoms with van der Waals surface area (Å²) in [6.07, 6.45) is 5.44. The zero-order valence-corrected chi connectivity index (χ0v) is 11.8. The summed E-state index contributed by atoms with van der Waals surface area (Å²) in [4.78, 5) is 16.7. The number of hydrogen-bond donors (Lipinski definition) is 1. The van der Waals surface area contributed by atoms with Gasteiger partial charge < -0.3 is 15.5 Å². The lowest BCUT2D eigenvalue weighted by molar-refractivity contribution is -0.136. The maximum absolute atomic E-state index is 12.2. The molecule has 0 aromatic carbocycles. The zero-order valence-electron chi connectivity index (χ0n) is 11.8. The van der Waals surface area contributed by atoms with E-state index in [1.165, 1.54) is 19.4 Å². The summed E-state index contributed by atoms with van der Waals surface area (Å²) < 4.78 is 0. The quantitative estimate of drug-likeness (QED) is 0.818. The second-order valence-electron chi connectivity index (χ2n) is 5.92. The normalized spacial score (nSPS) is 30.9. The number of hydrogen-bond acceptors (Lipinski definition) is 3. The second-order valence-corrected chi connectivity index (χ2v) is 5.92. The summed E-state index contributed by atoms with van der Waals surface area (Å²) in [5.74, 6) is 0.832. The van der Waals surface area contributed by atoms with Crippen LogP contribution in [0.25, 0.3) is 0 Å². The highest BCUT2D eigenvalue weighted by molar-refractivity contribution is 5.81. The van der Waals surface area contributed by atoms with Gasteiger partial charge in [0.2, 0.25) is 5.91 Å². The standard InChI is InChI=1S/C14H27N3O/c1-3-5-12(15)14(18)17-9-7-13-11(10-17)6-4-8-16(13)2/h11-13H,3-10,15H2,1-2H3/t11?,12-,13?/m0/s1. The topological polar surface area (TPSA) is 49.6 Å². The first kappa shape index (κ1) is 13.8. The Morgan fingerprint density at radius 3 is 2.89 bits per heavy atom. The van der Waals surface area contributed by atoms with E-state index in [-0.39, 0.29) is 11.9 Å². The van der Waals surface area contributed by atoms with Crippen LogP contribution in [0.2, 0.25) is 0 Å². The Balaban J connectivity index is 1.92. The summed E-state index contributed by atoms with van der Waals surface area (Å²) >= 11 is 0. The largest absolute Gasteiger partial charge is 0.341 e. The van der Waals surface area contributed by atoms with E-state index in [1.807, 2.05) is 4.90 Å². The number of carbonyl (C=O) groups excluding carboxylic acids is 1. The summed E-state index contributed by atoms with van der Waals surface area (Å²) in [5.41, 5.74) is 5.95. The molecule has 2 aliphatic heterocycles. The molecule has 0 saturated carbocycles. The van der Waals surface area contributed by atoms with Gasteiger partial charge in [-0.25, -0.2) is 0 Å². The lowest BCUT2D eigenvalue weighted by atomic mass is 9.84. The van der Waals surface area contributed by atoms with Crippen molar-refractivity contribution in [3.63, 3.8) is 0 Å². The number of piperidine rings is 2. The Morgan fingerprint density at radius 1 is 1.39 bits per heavy atom. The molecule has 2 unspecified atom stereocenters. The molecule has 2 heterocycles. The van der Waals surface area contributed by atoms with Crippen molar-refractivity contribution in [1.29, 1.82) is 0 Å². The third-order valence-corrected chi connectivity index (χ3v) is 4.57. The van der Waals surface area contributed by atoms with Crippen LogP contribution in [0.1, 0.15) is 39.0 Å². The van der Waals surface area contributed by atoms with Crippen molar-refractivity contribution in [1.82, 2.24) is 9.80 Å². The first-order valence-corrected chi connectivity index (χ1v) is 7.38. The molecule has 1 amide bonds. The molecule has 0 aliphatic carbocycles. The highest BCUT2D eigenvalue weighted by atomic mass is 16.2. The van der Waals surface area contributed by atoms with E-state index in [0.717, 1.165) is 32.4 Å². The Morgan fingerprint density at radius 2 is 2.17 bits per heavy atom. The molecule has 3 atom stereocenters. The fourth-order valence-electron chi connectivity index (χ4n) is 3.52. The van der Waals surface area contributed by atoms with E-state index in [1.54, 1.807) is 0 Å². The van der Waals surface area contributed by atoms with Crippen LogP contribution in [-0.4, -0.2) is 54.5 Å². The van der Waals surface area contributed by atoms with E-state index in [2.05, 4.69) is 18.9 Å². The van der Waals surface area contributed by atoms with Gasteiger partial charge in [0.1, 0.15) is 0 Å². The molecular weight excluding hydrogens is 226 g/mol. The maximum Gasteiger partial charge on any atom is 0.239 e. The molecule has 0 bridgehead atoms. The Hall–Kier alpha value is -0.610. The number of amides is 1. The van der Waals surface area contributed by atoms with Crippen molar-refractivity contribution >= 4 is 5.91 Å². The van der Waals surface area contributed by atoms with Gasteiger partial charge in [-0.1, -0.05) is 13.3 Å². The van der Waals surface area contributed by atoms with Crippen LogP contribution in [0.5, 0.6) is 0 Å². The van der Waals surface area contributed by atoms with Gasteiger partial charge in [-0.2, -0.15) is 0 Å². The number of rotatable bonds is 3. The highest BCUT2D eigenvalue weighted by Gasteiger charge is 2.36. The number of likely N-dealkylation sites (tertiary alicyclic amines) is 2. The second kappa shape index (κ2) is 6.02. The smallest absolute Gasteiger partial charge is 0.239 e. The SMILES string of the molecule is CCC[C@H](N)C(=O)N1CCC2C(CCCN2C)C1. The van der Waals surface area contributed by atoms with Crippen molar-refractivity contribution in [2.45, 2.75) is 51.1 Å². The van der Waals surface area contributed by atoms with E-state index < -0.39 is 0 Å². The molecule has 104 valence electrons. The molecule has 0 spiro atoms. The number of fused-ring (bicyclic) bond motifs is 1. The monoisotopic (exact) mass is 253 g/mol. The van der Waals surface area contributed by atoms with E-state index in [0.29, 0.717) is 12.0 Å². The third kappa shape index (κ3) is 2.86. The van der Waals surface area contributed by atoms with E-state index >= 15 is 0 Å². The minimum Gasteiger partial charge on any atom is -0.341 e. The predicted octanol–water partition coefficient (Wildman–Crippen LogP) is 1.06. The van der Waals surface area contributed by atoms with Crippen LogP contribution in [0, 0.1) is 5.92 Å². The van der Waals surface area contributed by atoms with Crippen LogP contribution in [0.15, 0.2) is 0 Å². The fraction of sp³-hybridized carbons (Fsp3) is 0.929. The Bertz CT molecular complexity index is 295. The predicted molar refractivity (Wildman–Crippen MR) is 73.2 cm³/mol. The average Bonchev–Trinajstić information content (AvgIpc) is 2.38. The molecule has 4 nitrogen and oxygen atoms in total. The fourth-order valence-corrected chi connectivity index (χ4v) is 3.52. The molecule has 4 heteroatoms. The number of nitrogens with zero attached hydrogens (tertiary/aromatic N) is 2. The summed E-state index contributed by atoms with van der Waals surface area (Å²) in [5, 5.41) is 0. The van der Waals surface area contributed by atoms with Crippen molar-refractivity contribution < 1.29 is 4.79 Å². The van der Waals surface area contributed by atoms with Gasteiger partial charge in [-0.05, 0) is 45.2 Å². The number of nitrogens with two attached hydrogens (primary N) is 1. The molecule has 2 fully saturated rings. The molecule has 2 rings (SSSR count). The molecule has 0 aromatic rings. The van der Waals surface area contributed by atoms with Crippen LogP contribution in [0.3, 0.4) is 0 Å². The maximum atomic E-state index is 12.2. The van der Waals surface area contributed by atoms with Gasteiger partial charge in [0.25, 0.3) is 0 Å². The van der Waals surface area contributed by atoms with Crippen LogP contribution >= 0.6 is 0 Å². The molecular formula is C14H27N3O. The lowest BCUT2D eigenvalue weighted by Crippen LogP contribution is -2.56. The Kier molecular flexibility index (Phi) is 4.62. The molecule has 18 heavy (non-hydrogen) atoms. The third-order valence-electron chi connectivity index (χ3n) is 4.57. The van der Waals surface area contributed by atoms with Crippen molar-refractivity contribution in [2.24, 2.45) is 11.7 Å². The molecule has 2 aliphatic rings. The van der Waals surface area contributed by atoms with Gasteiger partial charge in [-0.3, -0.25) is 4.79 Å². The molecule has 0 radical (unpaired) electrons. The van der Waals surface area contributed by atoms with E-state index in [4.69, 9.17) is 5.73 Å². The summed E-state index contributed by atoms with van der Waals surface area (Å²) in [7, 11) is 2.22. The minimum atomic E-state index is -0.284. The van der Waals surface area contributed by atoms with Gasteiger partial charge in [0.05, 0.1) is 6.04 Å². The minimum absolute atomic E-state index is 0.170. The van der Waals surface area contributed by atoms with Gasteiger partial charge >= 0.3 is 0 Å². The molecule has 2 N–H and O–H groups in total. The molecule has 2 saturated heterocycles. The van der Waals surface area contributed by atoms with Gasteiger partial charge in [0, 0.05) is 19.1 Å². The first-order valence-electron chi connectivity index (χ1n) is 7.38. The average molecular weight is 253 g/mol. The lowest BCUT2D eigenvalue weighted by Gasteiger charge is -2.46. The summed E-state index contributed by atoms with van der Waals surface area (Å²) in [6, 6.07) is 0.401. The van der Waals surface area contributed by atoms with Gasteiger partial charge in [-0.15, -0.1) is 0 Å². The molecule has 0 aromatic heterocycles. The van der Waals surface area contributed by atoms with Crippen molar-refractivity contribution in [3.8, 4) is 0 Å². The van der Waals surface area contributed by atoms with Crippen molar-refractivity contribution in [3.05, 3.63) is 0 Å². The van der Waals surface area contributed by atoms with Crippen molar-refractivity contribution in [2.75, 3.05) is 26.7 Å². The Labute approximate surface area is 110 Å². The first-order chi connectivity index (χ1) is 8.63. The highest BCUT2D eigenvalue weighted by Crippen LogP contribution is 2.29. The number of carbonyl (C=O) groups is 1. The van der Waals surface area contributed by atoms with Crippen LogP contribution < -0.4 is 5.73 Å². The van der Waals surface area contributed by atoms with Crippen LogP contribution in [-0.2, 0) is 4.79 Å². The zero-order chi connectivity index (χ0) is 13.1. The van der Waals surface area contributed by atoms with E-state index in [9.17, 15) is 4.79 Å².